The van der Waals surface area contributed by atoms with E-state index in [-0.39, 0.29) is 26.4 Å². The van der Waals surface area contributed by atoms with Gasteiger partial charge < -0.3 is 14.9 Å². The van der Waals surface area contributed by atoms with Crippen molar-refractivity contribution in [1.82, 2.24) is 9.97 Å². The number of aromatic hydroxyl groups is 1. The Hall–Kier alpha value is -1.89. The smallest absolute Gasteiger partial charge is 0.143 e. The minimum atomic E-state index is -0.0930. The Labute approximate surface area is 190 Å². The van der Waals surface area contributed by atoms with E-state index < -0.39 is 0 Å². The number of alkyl halides is 1. The zero-order chi connectivity index (χ0) is 20.3. The normalized spacial score (nSPS) is 8.52. The second-order valence-electron chi connectivity index (χ2n) is 5.12. The van der Waals surface area contributed by atoms with Crippen LogP contribution in [0.4, 0.5) is 0 Å². The minimum absolute atomic E-state index is 0. The first-order chi connectivity index (χ1) is 13.1. The third kappa shape index (κ3) is 15.7. The third-order valence-electron chi connectivity index (χ3n) is 3.09. The number of hydrogen-bond donors (Lipinski definition) is 2. The van der Waals surface area contributed by atoms with Gasteiger partial charge in [0, 0.05) is 17.7 Å². The Bertz CT molecular complexity index is 657. The third-order valence-corrected chi connectivity index (χ3v) is 3.55. The fourth-order valence-electron chi connectivity index (χ4n) is 1.70. The number of ether oxygens (including phenoxy) is 1. The monoisotopic (exact) mass is 488 g/mol. The number of pyridine rings is 2. The van der Waals surface area contributed by atoms with Crippen molar-refractivity contribution in [3.05, 3.63) is 73.4 Å². The molecule has 0 saturated carbocycles. The maximum atomic E-state index is 9.05. The number of hydrogen-bond acceptors (Lipinski definition) is 5. The van der Waals surface area contributed by atoms with Gasteiger partial charge in [0.15, 0.2) is 0 Å². The van der Waals surface area contributed by atoms with Crippen LogP contribution in [0.1, 0.15) is 38.6 Å². The number of aliphatic hydroxyl groups is 1. The molecule has 0 unspecified atom stereocenters. The molecule has 2 heterocycles. The summed E-state index contributed by atoms with van der Waals surface area (Å²) in [6.45, 7) is 9.55. The predicted octanol–water partition coefficient (Wildman–Crippen LogP) is 5.89. The zero-order valence-corrected chi connectivity index (χ0v) is 18.7. The average molecular weight is 490 g/mol. The molecule has 0 bridgehead atoms. The number of aliphatic hydroxyl groups excluding tert-OH is 1. The van der Waals surface area contributed by atoms with Crippen molar-refractivity contribution in [2.75, 3.05) is 11.9 Å². The molecule has 0 amide bonds. The summed E-state index contributed by atoms with van der Waals surface area (Å²) in [5.74, 6) is 0.937. The van der Waals surface area contributed by atoms with E-state index in [9.17, 15) is 0 Å². The average Bonchev–Trinajstić information content (AvgIpc) is 2.70. The molecule has 0 radical (unpaired) electrons. The summed E-state index contributed by atoms with van der Waals surface area (Å²) in [6, 6.07) is 6.93. The summed E-state index contributed by atoms with van der Waals surface area (Å²) in [5, 5.41) is 19.0. The van der Waals surface area contributed by atoms with Crippen LogP contribution >= 0.6 is 28.3 Å². The minimum Gasteiger partial charge on any atom is -0.506 e. The van der Waals surface area contributed by atoms with Gasteiger partial charge in [-0.05, 0) is 43.5 Å². The van der Waals surface area contributed by atoms with Gasteiger partial charge in [-0.1, -0.05) is 42.4 Å². The van der Waals surface area contributed by atoms with Crippen LogP contribution < -0.4 is 4.74 Å². The number of aromatic nitrogens is 2. The summed E-state index contributed by atoms with van der Waals surface area (Å²) in [4.78, 5) is 7.92. The highest BCUT2D eigenvalue weighted by Gasteiger charge is 2.01. The lowest BCUT2D eigenvalue weighted by Crippen LogP contribution is -2.00. The van der Waals surface area contributed by atoms with Crippen molar-refractivity contribution >= 4 is 28.3 Å². The molecule has 29 heavy (non-hydrogen) atoms. The molecule has 0 aliphatic heterocycles. The first kappa shape index (κ1) is 31.8. The molecule has 0 spiro atoms. The maximum Gasteiger partial charge on any atom is 0.143 e. The standard InChI is InChI=1S/C10H13NO2.C7H9NO.C4H7Br.CH4.ClH/c1-2-3-7-13-10-5-4-6-11-9(10)8-12;1-2-6-7(9)4-3-5-8-6;1-2-3-4-5;;/h2,4-6,12H,1,3,7-8H2;3-5,9H,2H2,1H3;2H,1,3-4H2;1H4;1H. The molecule has 164 valence electrons. The number of allylic oxidation sites excluding steroid dienone is 1. The van der Waals surface area contributed by atoms with Gasteiger partial charge in [0.25, 0.3) is 0 Å². The number of nitrogens with zero attached hydrogens (tertiary/aromatic N) is 2. The van der Waals surface area contributed by atoms with Crippen molar-refractivity contribution < 1.29 is 14.9 Å². The lowest BCUT2D eigenvalue weighted by molar-refractivity contribution is 0.258. The lowest BCUT2D eigenvalue weighted by atomic mass is 10.3. The van der Waals surface area contributed by atoms with Crippen LogP contribution in [-0.2, 0) is 13.0 Å². The summed E-state index contributed by atoms with van der Waals surface area (Å²) < 4.78 is 5.37. The molecular weight excluding hydrogens is 456 g/mol. The summed E-state index contributed by atoms with van der Waals surface area (Å²) in [5.41, 5.74) is 1.34. The number of halogens is 2. The molecule has 2 N–H and O–H groups in total. The van der Waals surface area contributed by atoms with E-state index in [4.69, 9.17) is 14.9 Å². The van der Waals surface area contributed by atoms with Crippen LogP contribution in [0.5, 0.6) is 11.5 Å². The van der Waals surface area contributed by atoms with Crippen molar-refractivity contribution in [3.8, 4) is 11.5 Å². The van der Waals surface area contributed by atoms with Crippen molar-refractivity contribution in [1.29, 1.82) is 0 Å². The molecule has 2 aromatic heterocycles. The van der Waals surface area contributed by atoms with Crippen molar-refractivity contribution in [2.45, 2.75) is 40.2 Å². The number of rotatable bonds is 8. The highest BCUT2D eigenvalue weighted by atomic mass is 79.9. The molecule has 2 rings (SSSR count). The number of aryl methyl sites for hydroxylation is 1. The van der Waals surface area contributed by atoms with Gasteiger partial charge in [0.1, 0.15) is 17.2 Å². The van der Waals surface area contributed by atoms with Crippen molar-refractivity contribution in [3.63, 3.8) is 0 Å². The molecule has 0 saturated heterocycles. The maximum absolute atomic E-state index is 9.05. The van der Waals surface area contributed by atoms with E-state index in [1.807, 2.05) is 13.0 Å². The SMILES string of the molecule is C.C=CCCBr.C=CCCOc1cccnc1CO.CCc1ncccc1O.Cl. The molecule has 0 atom stereocenters. The second kappa shape index (κ2) is 22.4. The van der Waals surface area contributed by atoms with E-state index in [0.717, 1.165) is 30.3 Å². The van der Waals surface area contributed by atoms with Gasteiger partial charge in [-0.15, -0.1) is 25.6 Å². The zero-order valence-electron chi connectivity index (χ0n) is 16.3. The summed E-state index contributed by atoms with van der Waals surface area (Å²) in [7, 11) is 0. The highest BCUT2D eigenvalue weighted by molar-refractivity contribution is 9.09. The Morgan fingerprint density at radius 1 is 1.07 bits per heavy atom. The van der Waals surface area contributed by atoms with E-state index in [2.05, 4.69) is 39.1 Å². The molecule has 2 aromatic rings. The molecule has 0 aliphatic carbocycles. The lowest BCUT2D eigenvalue weighted by Gasteiger charge is -2.07. The molecule has 0 aliphatic rings. The second-order valence-corrected chi connectivity index (χ2v) is 5.91. The van der Waals surface area contributed by atoms with E-state index in [0.29, 0.717) is 23.8 Å². The Morgan fingerprint density at radius 3 is 2.07 bits per heavy atom. The predicted molar refractivity (Wildman–Crippen MR) is 128 cm³/mol. The van der Waals surface area contributed by atoms with Crippen LogP contribution in [0.3, 0.4) is 0 Å². The molecular formula is C22H34BrClN2O3. The van der Waals surface area contributed by atoms with Crippen LogP contribution in [0.2, 0.25) is 0 Å². The molecule has 0 aromatic carbocycles. The molecule has 5 nitrogen and oxygen atoms in total. The van der Waals surface area contributed by atoms with E-state index in [1.54, 1.807) is 42.7 Å². The van der Waals surface area contributed by atoms with Gasteiger partial charge >= 0.3 is 0 Å². The van der Waals surface area contributed by atoms with Crippen LogP contribution in [0.15, 0.2) is 62.0 Å². The Morgan fingerprint density at radius 2 is 1.66 bits per heavy atom. The van der Waals surface area contributed by atoms with E-state index >= 15 is 0 Å². The topological polar surface area (TPSA) is 75.5 Å². The first-order valence-corrected chi connectivity index (χ1v) is 9.84. The largest absolute Gasteiger partial charge is 0.506 e. The van der Waals surface area contributed by atoms with Gasteiger partial charge in [0.2, 0.25) is 0 Å². The van der Waals surface area contributed by atoms with Crippen LogP contribution in [0.25, 0.3) is 0 Å². The van der Waals surface area contributed by atoms with Gasteiger partial charge in [0.05, 0.1) is 18.9 Å². The van der Waals surface area contributed by atoms with E-state index in [1.165, 1.54) is 0 Å². The van der Waals surface area contributed by atoms with Crippen molar-refractivity contribution in [2.24, 2.45) is 0 Å². The molecule has 0 fully saturated rings. The Balaban J connectivity index is -0.000000372. The summed E-state index contributed by atoms with van der Waals surface area (Å²) >= 11 is 3.24. The Kier molecular flexibility index (Phi) is 24.6. The molecule has 7 heteroatoms. The van der Waals surface area contributed by atoms with Crippen LogP contribution in [0, 0.1) is 0 Å². The fourth-order valence-corrected chi connectivity index (χ4v) is 2.03. The van der Waals surface area contributed by atoms with Gasteiger partial charge in [-0.2, -0.15) is 0 Å². The quantitative estimate of drug-likeness (QED) is 0.274. The van der Waals surface area contributed by atoms with Gasteiger partial charge in [-0.25, -0.2) is 0 Å². The summed E-state index contributed by atoms with van der Waals surface area (Å²) in [6.07, 6.45) is 9.63. The van der Waals surface area contributed by atoms with Gasteiger partial charge in [-0.3, -0.25) is 9.97 Å². The highest BCUT2D eigenvalue weighted by Crippen LogP contribution is 2.15. The first-order valence-electron chi connectivity index (χ1n) is 8.72. The van der Waals surface area contributed by atoms with Crippen LogP contribution in [-0.4, -0.2) is 32.1 Å². The fraction of sp³-hybridized carbons (Fsp3) is 0.364.